The number of benzene rings is 2. The summed E-state index contributed by atoms with van der Waals surface area (Å²) in [7, 11) is -3.54. The SMILES string of the molecule is CCc1ccc(Cn2nccc2NC(=O)c2ccc(S(=O)(=O)N3CCC(C)CC3)cc2)cc1. The second-order valence-corrected chi connectivity index (χ2v) is 10.5. The Labute approximate surface area is 195 Å². The summed E-state index contributed by atoms with van der Waals surface area (Å²) in [5, 5.41) is 7.20. The summed E-state index contributed by atoms with van der Waals surface area (Å²) in [4.78, 5) is 13.0. The van der Waals surface area contributed by atoms with E-state index in [1.807, 2.05) is 0 Å². The Morgan fingerprint density at radius 3 is 2.27 bits per heavy atom. The number of hydrogen-bond donors (Lipinski definition) is 1. The number of carbonyl (C=O) groups is 1. The summed E-state index contributed by atoms with van der Waals surface area (Å²) in [6.07, 6.45) is 4.37. The second-order valence-electron chi connectivity index (χ2n) is 8.61. The highest BCUT2D eigenvalue weighted by atomic mass is 32.2. The fourth-order valence-electron chi connectivity index (χ4n) is 3.96. The van der Waals surface area contributed by atoms with Crippen molar-refractivity contribution in [3.63, 3.8) is 0 Å². The van der Waals surface area contributed by atoms with Crippen molar-refractivity contribution >= 4 is 21.7 Å². The van der Waals surface area contributed by atoms with Gasteiger partial charge in [-0.1, -0.05) is 38.1 Å². The minimum absolute atomic E-state index is 0.217. The van der Waals surface area contributed by atoms with Gasteiger partial charge >= 0.3 is 0 Å². The van der Waals surface area contributed by atoms with Crippen molar-refractivity contribution in [2.45, 2.75) is 44.6 Å². The molecular weight excluding hydrogens is 436 g/mol. The van der Waals surface area contributed by atoms with Crippen LogP contribution in [0.5, 0.6) is 0 Å². The number of amides is 1. The fourth-order valence-corrected chi connectivity index (χ4v) is 5.43. The number of piperidine rings is 1. The molecule has 1 N–H and O–H groups in total. The summed E-state index contributed by atoms with van der Waals surface area (Å²) in [5.41, 5.74) is 2.75. The van der Waals surface area contributed by atoms with Crippen molar-refractivity contribution in [2.24, 2.45) is 5.92 Å². The zero-order chi connectivity index (χ0) is 23.4. The maximum Gasteiger partial charge on any atom is 0.256 e. The number of anilines is 1. The lowest BCUT2D eigenvalue weighted by Crippen LogP contribution is -2.37. The normalized spacial score (nSPS) is 15.5. The number of nitrogens with zero attached hydrogens (tertiary/aromatic N) is 3. The lowest BCUT2D eigenvalue weighted by atomic mass is 10.0. The molecule has 8 heteroatoms. The van der Waals surface area contributed by atoms with Gasteiger partial charge in [0.05, 0.1) is 17.6 Å². The molecule has 0 spiro atoms. The molecule has 3 aromatic rings. The molecule has 33 heavy (non-hydrogen) atoms. The number of carbonyl (C=O) groups excluding carboxylic acids is 1. The first-order valence-corrected chi connectivity index (χ1v) is 12.8. The van der Waals surface area contributed by atoms with Crippen LogP contribution in [0.15, 0.2) is 65.7 Å². The smallest absolute Gasteiger partial charge is 0.256 e. The lowest BCUT2D eigenvalue weighted by molar-refractivity contribution is 0.102. The van der Waals surface area contributed by atoms with Crippen LogP contribution in [-0.2, 0) is 23.0 Å². The maximum atomic E-state index is 12.9. The molecule has 1 amide bonds. The van der Waals surface area contributed by atoms with Gasteiger partial charge < -0.3 is 5.32 Å². The van der Waals surface area contributed by atoms with E-state index in [9.17, 15) is 13.2 Å². The Bertz CT molecular complexity index is 1190. The Balaban J connectivity index is 1.43. The van der Waals surface area contributed by atoms with Crippen LogP contribution in [-0.4, -0.2) is 41.5 Å². The summed E-state index contributed by atoms with van der Waals surface area (Å²) in [5.74, 6) is 0.819. The van der Waals surface area contributed by atoms with Crippen LogP contribution in [0, 0.1) is 5.92 Å². The topological polar surface area (TPSA) is 84.3 Å². The van der Waals surface area contributed by atoms with E-state index >= 15 is 0 Å². The molecule has 1 aliphatic heterocycles. The van der Waals surface area contributed by atoms with Crippen LogP contribution in [0.25, 0.3) is 0 Å². The molecule has 2 heterocycles. The third-order valence-corrected chi connectivity index (χ3v) is 8.13. The molecule has 1 aromatic heterocycles. The average molecular weight is 467 g/mol. The molecule has 0 unspecified atom stereocenters. The predicted molar refractivity (Wildman–Crippen MR) is 129 cm³/mol. The van der Waals surface area contributed by atoms with E-state index in [2.05, 4.69) is 48.5 Å². The van der Waals surface area contributed by atoms with Gasteiger partial charge in [-0.3, -0.25) is 4.79 Å². The van der Waals surface area contributed by atoms with Gasteiger partial charge in [-0.05, 0) is 60.6 Å². The zero-order valence-electron chi connectivity index (χ0n) is 19.1. The van der Waals surface area contributed by atoms with Gasteiger partial charge in [-0.2, -0.15) is 9.40 Å². The van der Waals surface area contributed by atoms with Crippen molar-refractivity contribution in [3.05, 3.63) is 77.5 Å². The molecule has 7 nitrogen and oxygen atoms in total. The van der Waals surface area contributed by atoms with Crippen molar-refractivity contribution in [3.8, 4) is 0 Å². The van der Waals surface area contributed by atoms with Gasteiger partial charge in [-0.25, -0.2) is 13.1 Å². The molecule has 0 bridgehead atoms. The van der Waals surface area contributed by atoms with Gasteiger partial charge in [0.1, 0.15) is 5.82 Å². The fraction of sp³-hybridized carbons (Fsp3) is 0.360. The molecule has 1 fully saturated rings. The first-order chi connectivity index (χ1) is 15.9. The Hall–Kier alpha value is -2.97. The summed E-state index contributed by atoms with van der Waals surface area (Å²) >= 11 is 0. The largest absolute Gasteiger partial charge is 0.307 e. The molecule has 4 rings (SSSR count). The summed E-state index contributed by atoms with van der Waals surface area (Å²) < 4.78 is 29.1. The molecule has 0 radical (unpaired) electrons. The number of aromatic nitrogens is 2. The monoisotopic (exact) mass is 466 g/mol. The predicted octanol–water partition coefficient (Wildman–Crippen LogP) is 4.17. The highest BCUT2D eigenvalue weighted by Crippen LogP contribution is 2.24. The van der Waals surface area contributed by atoms with E-state index in [1.54, 1.807) is 29.1 Å². The van der Waals surface area contributed by atoms with Crippen LogP contribution in [0.2, 0.25) is 0 Å². The van der Waals surface area contributed by atoms with Crippen LogP contribution < -0.4 is 5.32 Å². The Morgan fingerprint density at radius 1 is 1.00 bits per heavy atom. The van der Waals surface area contributed by atoms with E-state index in [1.165, 1.54) is 22.0 Å². The summed E-state index contributed by atoms with van der Waals surface area (Å²) in [6, 6.07) is 16.2. The molecule has 0 saturated carbocycles. The van der Waals surface area contributed by atoms with Gasteiger partial charge in [0.25, 0.3) is 5.91 Å². The van der Waals surface area contributed by atoms with E-state index in [0.29, 0.717) is 36.9 Å². The molecule has 0 aliphatic carbocycles. The lowest BCUT2D eigenvalue weighted by Gasteiger charge is -2.29. The molecule has 1 aliphatic rings. The number of sulfonamides is 1. The molecule has 1 saturated heterocycles. The number of aryl methyl sites for hydroxylation is 1. The third kappa shape index (κ3) is 5.34. The molecule has 0 atom stereocenters. The van der Waals surface area contributed by atoms with E-state index in [0.717, 1.165) is 24.8 Å². The molecular formula is C25H30N4O3S. The van der Waals surface area contributed by atoms with Crippen molar-refractivity contribution in [2.75, 3.05) is 18.4 Å². The Kier molecular flexibility index (Phi) is 6.95. The van der Waals surface area contributed by atoms with Crippen LogP contribution in [0.3, 0.4) is 0 Å². The van der Waals surface area contributed by atoms with Gasteiger partial charge in [0.2, 0.25) is 10.0 Å². The quantitative estimate of drug-likeness (QED) is 0.567. The van der Waals surface area contributed by atoms with E-state index in [4.69, 9.17) is 0 Å². The minimum atomic E-state index is -3.54. The number of rotatable bonds is 7. The first kappa shape index (κ1) is 23.2. The molecule has 174 valence electrons. The highest BCUT2D eigenvalue weighted by molar-refractivity contribution is 7.89. The van der Waals surface area contributed by atoms with Crippen LogP contribution in [0.4, 0.5) is 5.82 Å². The Morgan fingerprint density at radius 2 is 1.64 bits per heavy atom. The van der Waals surface area contributed by atoms with Gasteiger partial charge in [0.15, 0.2) is 0 Å². The minimum Gasteiger partial charge on any atom is -0.307 e. The third-order valence-electron chi connectivity index (χ3n) is 6.22. The van der Waals surface area contributed by atoms with Crippen LogP contribution in [0.1, 0.15) is 48.2 Å². The van der Waals surface area contributed by atoms with E-state index < -0.39 is 10.0 Å². The number of nitrogens with one attached hydrogen (secondary N) is 1. The van der Waals surface area contributed by atoms with Crippen LogP contribution >= 0.6 is 0 Å². The number of hydrogen-bond acceptors (Lipinski definition) is 4. The average Bonchev–Trinajstić information content (AvgIpc) is 3.26. The zero-order valence-corrected chi connectivity index (χ0v) is 19.9. The van der Waals surface area contributed by atoms with Crippen molar-refractivity contribution in [1.82, 2.24) is 14.1 Å². The van der Waals surface area contributed by atoms with Gasteiger partial charge in [-0.15, -0.1) is 0 Å². The molecule has 2 aromatic carbocycles. The maximum absolute atomic E-state index is 12.9. The van der Waals surface area contributed by atoms with E-state index in [-0.39, 0.29) is 10.8 Å². The summed E-state index contributed by atoms with van der Waals surface area (Å²) in [6.45, 7) is 5.88. The van der Waals surface area contributed by atoms with Gasteiger partial charge in [0, 0.05) is 24.7 Å². The van der Waals surface area contributed by atoms with Crippen molar-refractivity contribution in [1.29, 1.82) is 0 Å². The van der Waals surface area contributed by atoms with Crippen molar-refractivity contribution < 1.29 is 13.2 Å². The first-order valence-electron chi connectivity index (χ1n) is 11.4. The highest BCUT2D eigenvalue weighted by Gasteiger charge is 2.28. The standard InChI is InChI=1S/C25H30N4O3S/c1-3-20-4-6-21(7-5-20)18-29-24(12-15-26-29)27-25(30)22-8-10-23(11-9-22)33(31,32)28-16-13-19(2)14-17-28/h4-12,15,19H,3,13-14,16-18H2,1-2H3,(H,27,30). The second kappa shape index (κ2) is 9.89.